The van der Waals surface area contributed by atoms with Crippen molar-refractivity contribution in [3.05, 3.63) is 12.5 Å². The highest BCUT2D eigenvalue weighted by atomic mass is 32.2. The van der Waals surface area contributed by atoms with Gasteiger partial charge in [0.25, 0.3) is 10.0 Å². The SMILES string of the molecule is CSC1(C(N)=S)CCN(S(=O)(=O)c2cnc[nH]2)CC1. The van der Waals surface area contributed by atoms with Crippen LogP contribution in [0.3, 0.4) is 0 Å². The van der Waals surface area contributed by atoms with Gasteiger partial charge < -0.3 is 10.7 Å². The zero-order chi connectivity index (χ0) is 14.1. The first-order valence-corrected chi connectivity index (χ1v) is 8.83. The molecule has 0 bridgehead atoms. The summed E-state index contributed by atoms with van der Waals surface area (Å²) in [6, 6.07) is 0. The lowest BCUT2D eigenvalue weighted by molar-refractivity contribution is 0.332. The average molecular weight is 320 g/mol. The monoisotopic (exact) mass is 320 g/mol. The molecule has 2 rings (SSSR count). The Morgan fingerprint density at radius 3 is 2.63 bits per heavy atom. The Hall–Kier alpha value is -0.640. The van der Waals surface area contributed by atoms with Crippen molar-refractivity contribution in [3.63, 3.8) is 0 Å². The third kappa shape index (κ3) is 2.64. The molecular formula is C10H16N4O2S3. The maximum atomic E-state index is 12.3. The number of hydrogen-bond acceptors (Lipinski definition) is 5. The van der Waals surface area contributed by atoms with Crippen molar-refractivity contribution in [2.24, 2.45) is 5.73 Å². The van der Waals surface area contributed by atoms with Gasteiger partial charge in [-0.2, -0.15) is 16.1 Å². The van der Waals surface area contributed by atoms with E-state index in [2.05, 4.69) is 9.97 Å². The summed E-state index contributed by atoms with van der Waals surface area (Å²) in [4.78, 5) is 6.84. The molecule has 1 aliphatic heterocycles. The maximum Gasteiger partial charge on any atom is 0.260 e. The minimum Gasteiger partial charge on any atom is -0.392 e. The van der Waals surface area contributed by atoms with Crippen LogP contribution in [0.15, 0.2) is 17.6 Å². The summed E-state index contributed by atoms with van der Waals surface area (Å²) >= 11 is 6.71. The van der Waals surface area contributed by atoms with Crippen LogP contribution in [-0.4, -0.2) is 51.8 Å². The van der Waals surface area contributed by atoms with Crippen molar-refractivity contribution in [1.29, 1.82) is 0 Å². The molecule has 1 aliphatic rings. The Kier molecular flexibility index (Phi) is 4.19. The van der Waals surface area contributed by atoms with Gasteiger partial charge in [-0.1, -0.05) is 12.2 Å². The summed E-state index contributed by atoms with van der Waals surface area (Å²) < 4.78 is 25.8. The molecule has 6 nitrogen and oxygen atoms in total. The van der Waals surface area contributed by atoms with Gasteiger partial charge in [0.2, 0.25) is 0 Å². The number of nitrogens with zero attached hydrogens (tertiary/aromatic N) is 2. The minimum atomic E-state index is -3.48. The number of H-pyrrole nitrogens is 1. The fourth-order valence-electron chi connectivity index (χ4n) is 2.16. The minimum absolute atomic E-state index is 0.125. The molecule has 0 spiro atoms. The van der Waals surface area contributed by atoms with Gasteiger partial charge in [-0.25, -0.2) is 13.4 Å². The highest BCUT2D eigenvalue weighted by Crippen LogP contribution is 2.36. The lowest BCUT2D eigenvalue weighted by Crippen LogP contribution is -2.50. The number of thiocarbonyl (C=S) groups is 1. The Bertz CT molecular complexity index is 547. The van der Waals surface area contributed by atoms with Crippen LogP contribution in [-0.2, 0) is 10.0 Å². The number of imidazole rings is 1. The number of nitrogens with one attached hydrogen (secondary N) is 1. The van der Waals surface area contributed by atoms with Gasteiger partial charge in [0, 0.05) is 13.1 Å². The summed E-state index contributed by atoms with van der Waals surface area (Å²) in [6.07, 6.45) is 5.91. The fraction of sp³-hybridized carbons (Fsp3) is 0.600. The number of rotatable bonds is 4. The molecule has 0 atom stereocenters. The zero-order valence-corrected chi connectivity index (χ0v) is 12.9. The number of hydrogen-bond donors (Lipinski definition) is 2. The quantitative estimate of drug-likeness (QED) is 0.789. The van der Waals surface area contributed by atoms with Crippen molar-refractivity contribution >= 4 is 39.0 Å². The molecule has 9 heteroatoms. The number of sulfonamides is 1. The molecule has 3 N–H and O–H groups in total. The molecular weight excluding hydrogens is 304 g/mol. The molecule has 106 valence electrons. The van der Waals surface area contributed by atoms with Crippen molar-refractivity contribution in [2.75, 3.05) is 19.3 Å². The van der Waals surface area contributed by atoms with Gasteiger partial charge in [0.15, 0.2) is 5.03 Å². The van der Waals surface area contributed by atoms with Crippen LogP contribution < -0.4 is 5.73 Å². The summed E-state index contributed by atoms with van der Waals surface area (Å²) in [5, 5.41) is 0.125. The van der Waals surface area contributed by atoms with E-state index in [1.807, 2.05) is 6.26 Å². The molecule has 1 aromatic rings. The van der Waals surface area contributed by atoms with E-state index in [4.69, 9.17) is 18.0 Å². The van der Waals surface area contributed by atoms with E-state index in [9.17, 15) is 8.42 Å². The molecule has 0 radical (unpaired) electrons. The maximum absolute atomic E-state index is 12.3. The second kappa shape index (κ2) is 5.39. The Morgan fingerprint density at radius 1 is 1.58 bits per heavy atom. The van der Waals surface area contributed by atoms with Gasteiger partial charge in [-0.15, -0.1) is 0 Å². The molecule has 1 fully saturated rings. The Balaban J connectivity index is 2.15. The van der Waals surface area contributed by atoms with Gasteiger partial charge in [0.05, 0.1) is 22.3 Å². The summed E-state index contributed by atoms with van der Waals surface area (Å²) in [7, 11) is -3.48. The molecule has 0 unspecified atom stereocenters. The highest BCUT2D eigenvalue weighted by Gasteiger charge is 2.40. The van der Waals surface area contributed by atoms with E-state index in [0.717, 1.165) is 0 Å². The Morgan fingerprint density at radius 2 is 2.21 bits per heavy atom. The number of thioether (sulfide) groups is 1. The number of piperidine rings is 1. The predicted molar refractivity (Wildman–Crippen MR) is 79.6 cm³/mol. The second-order valence-electron chi connectivity index (χ2n) is 4.38. The lowest BCUT2D eigenvalue weighted by Gasteiger charge is -2.39. The first kappa shape index (κ1) is 14.8. The van der Waals surface area contributed by atoms with Gasteiger partial charge in [-0.05, 0) is 19.1 Å². The van der Waals surface area contributed by atoms with E-state index in [0.29, 0.717) is 30.9 Å². The summed E-state index contributed by atoms with van der Waals surface area (Å²) in [5.74, 6) is 0. The summed E-state index contributed by atoms with van der Waals surface area (Å²) in [5.41, 5.74) is 5.79. The summed E-state index contributed by atoms with van der Waals surface area (Å²) in [6.45, 7) is 0.832. The van der Waals surface area contributed by atoms with Gasteiger partial charge in [-0.3, -0.25) is 0 Å². The third-order valence-electron chi connectivity index (χ3n) is 3.46. The standard InChI is InChI=1S/C10H16N4O2S3/c1-18-10(9(11)17)2-4-14(5-3-10)19(15,16)8-6-12-7-13-8/h6-7H,2-5H2,1H3,(H2,11,17)(H,12,13). The molecule has 1 saturated heterocycles. The van der Waals surface area contributed by atoms with Crippen molar-refractivity contribution in [1.82, 2.24) is 14.3 Å². The van der Waals surface area contributed by atoms with Crippen molar-refractivity contribution in [3.8, 4) is 0 Å². The molecule has 19 heavy (non-hydrogen) atoms. The van der Waals surface area contributed by atoms with E-state index in [1.165, 1.54) is 16.8 Å². The predicted octanol–water partition coefficient (Wildman–Crippen LogP) is 0.582. The van der Waals surface area contributed by atoms with E-state index >= 15 is 0 Å². The molecule has 0 amide bonds. The first-order valence-electron chi connectivity index (χ1n) is 5.76. The number of nitrogens with two attached hydrogens (primary N) is 1. The zero-order valence-electron chi connectivity index (χ0n) is 10.5. The first-order chi connectivity index (χ1) is 8.92. The normalized spacial score (nSPS) is 20.3. The van der Waals surface area contributed by atoms with Crippen LogP contribution in [0.5, 0.6) is 0 Å². The number of aromatic amines is 1. The van der Waals surface area contributed by atoms with Crippen molar-refractivity contribution < 1.29 is 8.42 Å². The van der Waals surface area contributed by atoms with Crippen LogP contribution >= 0.6 is 24.0 Å². The smallest absolute Gasteiger partial charge is 0.260 e. The lowest BCUT2D eigenvalue weighted by atomic mass is 9.97. The number of aromatic nitrogens is 2. The van der Waals surface area contributed by atoms with E-state index in [-0.39, 0.29) is 9.77 Å². The van der Waals surface area contributed by atoms with E-state index in [1.54, 1.807) is 11.8 Å². The van der Waals surface area contributed by atoms with Crippen LogP contribution in [0, 0.1) is 0 Å². The largest absolute Gasteiger partial charge is 0.392 e. The molecule has 1 aromatic heterocycles. The molecule has 2 heterocycles. The Labute approximate surface area is 122 Å². The fourth-order valence-corrected chi connectivity index (χ4v) is 4.75. The highest BCUT2D eigenvalue weighted by molar-refractivity contribution is 8.02. The van der Waals surface area contributed by atoms with Crippen LogP contribution in [0.1, 0.15) is 12.8 Å². The van der Waals surface area contributed by atoms with Crippen molar-refractivity contribution in [2.45, 2.75) is 22.6 Å². The molecule has 0 aliphatic carbocycles. The topological polar surface area (TPSA) is 92.1 Å². The third-order valence-corrected chi connectivity index (χ3v) is 7.21. The van der Waals surface area contributed by atoms with Crippen LogP contribution in [0.25, 0.3) is 0 Å². The second-order valence-corrected chi connectivity index (χ2v) is 7.92. The van der Waals surface area contributed by atoms with Gasteiger partial charge >= 0.3 is 0 Å². The van der Waals surface area contributed by atoms with Crippen LogP contribution in [0.4, 0.5) is 0 Å². The molecule has 0 saturated carbocycles. The van der Waals surface area contributed by atoms with E-state index < -0.39 is 10.0 Å². The molecule has 0 aromatic carbocycles. The van der Waals surface area contributed by atoms with Crippen LogP contribution in [0.2, 0.25) is 0 Å². The average Bonchev–Trinajstić information content (AvgIpc) is 2.93. The van der Waals surface area contributed by atoms with Gasteiger partial charge in [0.1, 0.15) is 0 Å².